The molecule has 0 atom stereocenters. The van der Waals surface area contributed by atoms with E-state index in [4.69, 9.17) is 4.84 Å². The first-order valence-corrected chi connectivity index (χ1v) is 8.42. The van der Waals surface area contributed by atoms with Gasteiger partial charge in [-0.05, 0) is 37.6 Å². The molecular formula is C17H18N6OS. The van der Waals surface area contributed by atoms with E-state index in [1.54, 1.807) is 29.9 Å². The predicted octanol–water partition coefficient (Wildman–Crippen LogP) is 3.64. The molecule has 0 bridgehead atoms. The third-order valence-electron chi connectivity index (χ3n) is 3.45. The number of aromatic nitrogens is 3. The molecule has 25 heavy (non-hydrogen) atoms. The van der Waals surface area contributed by atoms with Crippen LogP contribution in [0.5, 0.6) is 0 Å². The van der Waals surface area contributed by atoms with Crippen LogP contribution in [-0.2, 0) is 4.84 Å². The Bertz CT molecular complexity index is 859. The van der Waals surface area contributed by atoms with E-state index in [2.05, 4.69) is 50.9 Å². The number of hydrogen-bond acceptors (Lipinski definition) is 8. The van der Waals surface area contributed by atoms with Crippen LogP contribution in [0.25, 0.3) is 11.3 Å². The normalized spacial score (nSPS) is 11.0. The van der Waals surface area contributed by atoms with Gasteiger partial charge in [-0.2, -0.15) is 10.1 Å². The van der Waals surface area contributed by atoms with E-state index in [1.807, 2.05) is 18.2 Å². The molecule has 3 aromatic heterocycles. The van der Waals surface area contributed by atoms with Gasteiger partial charge in [-0.25, -0.2) is 10.5 Å². The summed E-state index contributed by atoms with van der Waals surface area (Å²) >= 11 is 1.70. The molecule has 0 aromatic carbocycles. The second-order valence-corrected chi connectivity index (χ2v) is 6.55. The largest absolute Gasteiger partial charge is 0.277 e. The smallest absolute Gasteiger partial charge is 0.249 e. The van der Waals surface area contributed by atoms with Crippen molar-refractivity contribution in [1.82, 2.24) is 15.0 Å². The van der Waals surface area contributed by atoms with Crippen LogP contribution in [0.2, 0.25) is 0 Å². The fourth-order valence-electron chi connectivity index (χ4n) is 2.14. The summed E-state index contributed by atoms with van der Waals surface area (Å²) in [6, 6.07) is 7.68. The molecule has 8 heteroatoms. The van der Waals surface area contributed by atoms with E-state index in [-0.39, 0.29) is 0 Å². The average molecular weight is 354 g/mol. The van der Waals surface area contributed by atoms with Crippen molar-refractivity contribution in [2.75, 3.05) is 18.0 Å². The first-order chi connectivity index (χ1) is 12.2. The lowest BCUT2D eigenvalue weighted by Gasteiger charge is -2.08. The van der Waals surface area contributed by atoms with Crippen LogP contribution in [0.1, 0.15) is 15.3 Å². The standard InChI is InChI=1S/C17H18N6OS/c1-11-8-14(25-12(11)2)10-19-22-16-9-15(13-4-6-18-7-5-13)20-17(21-16)23-24-3/h4-10H,1-3H3,(H2,20,21,22,23). The van der Waals surface area contributed by atoms with Gasteiger partial charge in [-0.3, -0.25) is 15.2 Å². The van der Waals surface area contributed by atoms with Crippen LogP contribution in [0.15, 0.2) is 41.8 Å². The summed E-state index contributed by atoms with van der Waals surface area (Å²) < 4.78 is 0. The average Bonchev–Trinajstić information content (AvgIpc) is 2.94. The van der Waals surface area contributed by atoms with Gasteiger partial charge in [0.15, 0.2) is 5.82 Å². The van der Waals surface area contributed by atoms with Crippen molar-refractivity contribution in [3.8, 4) is 11.3 Å². The van der Waals surface area contributed by atoms with Gasteiger partial charge >= 0.3 is 0 Å². The molecular weight excluding hydrogens is 336 g/mol. The van der Waals surface area contributed by atoms with Gasteiger partial charge < -0.3 is 0 Å². The molecule has 0 aliphatic heterocycles. The van der Waals surface area contributed by atoms with E-state index in [0.717, 1.165) is 16.1 Å². The monoisotopic (exact) mass is 354 g/mol. The van der Waals surface area contributed by atoms with Gasteiger partial charge in [0.1, 0.15) is 0 Å². The Balaban J connectivity index is 1.83. The molecule has 0 aliphatic carbocycles. The highest BCUT2D eigenvalue weighted by Gasteiger charge is 2.06. The van der Waals surface area contributed by atoms with Crippen LogP contribution in [-0.4, -0.2) is 28.3 Å². The number of hydrogen-bond donors (Lipinski definition) is 2. The fourth-order valence-corrected chi connectivity index (χ4v) is 3.05. The minimum atomic E-state index is 0.345. The number of rotatable bonds is 6. The second kappa shape index (κ2) is 7.82. The Kier molecular flexibility index (Phi) is 5.32. The lowest BCUT2D eigenvalue weighted by atomic mass is 10.2. The molecule has 0 aliphatic rings. The van der Waals surface area contributed by atoms with Gasteiger partial charge in [-0.1, -0.05) is 0 Å². The summed E-state index contributed by atoms with van der Waals surface area (Å²) in [6.07, 6.45) is 5.21. The highest BCUT2D eigenvalue weighted by atomic mass is 32.1. The minimum absolute atomic E-state index is 0.345. The lowest BCUT2D eigenvalue weighted by molar-refractivity contribution is 0.267. The Hall–Kier alpha value is -2.84. The van der Waals surface area contributed by atoms with E-state index >= 15 is 0 Å². The summed E-state index contributed by atoms with van der Waals surface area (Å²) in [6.45, 7) is 4.18. The lowest BCUT2D eigenvalue weighted by Crippen LogP contribution is -2.04. The van der Waals surface area contributed by atoms with Gasteiger partial charge in [0.05, 0.1) is 19.0 Å². The molecule has 0 radical (unpaired) electrons. The zero-order valence-electron chi connectivity index (χ0n) is 14.1. The number of nitrogens with one attached hydrogen (secondary N) is 2. The van der Waals surface area contributed by atoms with E-state index in [0.29, 0.717) is 11.8 Å². The van der Waals surface area contributed by atoms with Crippen molar-refractivity contribution < 1.29 is 4.84 Å². The van der Waals surface area contributed by atoms with E-state index in [9.17, 15) is 0 Å². The van der Waals surface area contributed by atoms with E-state index < -0.39 is 0 Å². The molecule has 3 rings (SSSR count). The van der Waals surface area contributed by atoms with Gasteiger partial charge in [0, 0.05) is 33.8 Å². The topological polar surface area (TPSA) is 84.3 Å². The van der Waals surface area contributed by atoms with Gasteiger partial charge in [0.2, 0.25) is 5.95 Å². The molecule has 2 N–H and O–H groups in total. The van der Waals surface area contributed by atoms with Crippen molar-refractivity contribution in [2.24, 2.45) is 5.10 Å². The number of thiophene rings is 1. The highest BCUT2D eigenvalue weighted by Crippen LogP contribution is 2.21. The van der Waals surface area contributed by atoms with Crippen molar-refractivity contribution >= 4 is 29.3 Å². The number of anilines is 2. The number of aryl methyl sites for hydroxylation is 2. The molecule has 0 unspecified atom stereocenters. The maximum absolute atomic E-state index is 4.91. The summed E-state index contributed by atoms with van der Waals surface area (Å²) in [5.41, 5.74) is 8.52. The molecule has 0 amide bonds. The van der Waals surface area contributed by atoms with Gasteiger partial charge in [0.25, 0.3) is 0 Å². The highest BCUT2D eigenvalue weighted by molar-refractivity contribution is 7.13. The van der Waals surface area contributed by atoms with Crippen LogP contribution in [0, 0.1) is 13.8 Å². The summed E-state index contributed by atoms with van der Waals surface area (Å²) in [4.78, 5) is 20.0. The second-order valence-electron chi connectivity index (χ2n) is 5.26. The van der Waals surface area contributed by atoms with Crippen LogP contribution < -0.4 is 10.9 Å². The third-order valence-corrected chi connectivity index (χ3v) is 4.54. The van der Waals surface area contributed by atoms with Crippen LogP contribution in [0.3, 0.4) is 0 Å². The van der Waals surface area contributed by atoms with Crippen molar-refractivity contribution in [2.45, 2.75) is 13.8 Å². The Morgan fingerprint density at radius 2 is 1.96 bits per heavy atom. The van der Waals surface area contributed by atoms with Crippen LogP contribution in [0.4, 0.5) is 11.8 Å². The Morgan fingerprint density at radius 1 is 1.16 bits per heavy atom. The number of nitrogens with zero attached hydrogens (tertiary/aromatic N) is 4. The fraction of sp³-hybridized carbons (Fsp3) is 0.176. The van der Waals surface area contributed by atoms with Crippen molar-refractivity contribution in [1.29, 1.82) is 0 Å². The molecule has 3 aromatic rings. The first kappa shape index (κ1) is 17.0. The molecule has 0 saturated heterocycles. The Labute approximate surface area is 149 Å². The maximum atomic E-state index is 4.91. The van der Waals surface area contributed by atoms with Crippen molar-refractivity contribution in [3.63, 3.8) is 0 Å². The third kappa shape index (κ3) is 4.37. The predicted molar refractivity (Wildman–Crippen MR) is 101 cm³/mol. The summed E-state index contributed by atoms with van der Waals surface area (Å²) in [5, 5.41) is 4.27. The Morgan fingerprint density at radius 3 is 2.64 bits per heavy atom. The number of hydrazone groups is 1. The zero-order valence-corrected chi connectivity index (χ0v) is 15.0. The van der Waals surface area contributed by atoms with Crippen LogP contribution >= 0.6 is 11.3 Å². The maximum Gasteiger partial charge on any atom is 0.249 e. The quantitative estimate of drug-likeness (QED) is 0.519. The first-order valence-electron chi connectivity index (χ1n) is 7.60. The molecule has 128 valence electrons. The number of pyridine rings is 1. The van der Waals surface area contributed by atoms with Crippen molar-refractivity contribution in [3.05, 3.63) is 52.0 Å². The van der Waals surface area contributed by atoms with E-state index in [1.165, 1.54) is 17.6 Å². The summed E-state index contributed by atoms with van der Waals surface area (Å²) in [7, 11) is 1.51. The zero-order chi connectivity index (χ0) is 17.6. The molecule has 7 nitrogen and oxygen atoms in total. The molecule has 0 spiro atoms. The summed E-state index contributed by atoms with van der Waals surface area (Å²) in [5.74, 6) is 0.903. The molecule has 3 heterocycles. The molecule has 0 saturated carbocycles. The molecule has 0 fully saturated rings. The SMILES string of the molecule is CONc1nc(NN=Cc2cc(C)c(C)s2)cc(-c2ccncc2)n1. The minimum Gasteiger partial charge on any atom is -0.277 e. The van der Waals surface area contributed by atoms with Gasteiger partial charge in [-0.15, -0.1) is 11.3 Å².